The van der Waals surface area contributed by atoms with Crippen LogP contribution in [0.5, 0.6) is 5.75 Å². The monoisotopic (exact) mass is 409 g/mol. The Labute approximate surface area is 166 Å². The van der Waals surface area contributed by atoms with Crippen LogP contribution in [-0.2, 0) is 24.2 Å². The Bertz CT molecular complexity index is 800. The molecule has 0 aromatic heterocycles. The Morgan fingerprint density at radius 2 is 1.96 bits per heavy atom. The van der Waals surface area contributed by atoms with E-state index in [2.05, 4.69) is 0 Å². The second-order valence-electron chi connectivity index (χ2n) is 6.71. The van der Waals surface area contributed by atoms with Gasteiger partial charge in [-0.15, -0.1) is 0 Å². The van der Waals surface area contributed by atoms with Crippen molar-refractivity contribution in [3.8, 4) is 5.75 Å². The molecule has 8 heteroatoms. The maximum atomic E-state index is 12.5. The van der Waals surface area contributed by atoms with Crippen molar-refractivity contribution in [2.45, 2.75) is 32.2 Å². The summed E-state index contributed by atoms with van der Waals surface area (Å²) in [5, 5.41) is 0. The lowest BCUT2D eigenvalue weighted by atomic mass is 10.2. The molecule has 1 unspecified atom stereocenters. The van der Waals surface area contributed by atoms with E-state index < -0.39 is 22.4 Å². The van der Waals surface area contributed by atoms with Gasteiger partial charge in [0, 0.05) is 18.7 Å². The van der Waals surface area contributed by atoms with Crippen LogP contribution in [0.4, 0.5) is 0 Å². The standard InChI is InChI=1S/C20H27NO6S/c1-3-4-12-21(17-11-13-28(24,25)15-17)19(22)14-27-20(23)10-7-16-5-8-18(26-2)9-6-16/h5-10,17H,3-4,11-15H2,1-2H3/b10-7+. The zero-order valence-electron chi connectivity index (χ0n) is 16.3. The number of rotatable bonds is 9. The number of hydrogen-bond acceptors (Lipinski definition) is 6. The number of carbonyl (C=O) groups is 2. The van der Waals surface area contributed by atoms with E-state index in [1.807, 2.05) is 6.92 Å². The molecule has 0 saturated carbocycles. The highest BCUT2D eigenvalue weighted by molar-refractivity contribution is 7.91. The molecule has 1 aliphatic heterocycles. The van der Waals surface area contributed by atoms with E-state index in [4.69, 9.17) is 9.47 Å². The molecule has 0 spiro atoms. The predicted octanol–water partition coefficient (Wildman–Crippen LogP) is 2.07. The topological polar surface area (TPSA) is 90.0 Å². The minimum absolute atomic E-state index is 0.0201. The van der Waals surface area contributed by atoms with Crippen molar-refractivity contribution in [3.63, 3.8) is 0 Å². The van der Waals surface area contributed by atoms with Crippen molar-refractivity contribution < 1.29 is 27.5 Å². The van der Waals surface area contributed by atoms with E-state index >= 15 is 0 Å². The van der Waals surface area contributed by atoms with Crippen LogP contribution in [0.2, 0.25) is 0 Å². The summed E-state index contributed by atoms with van der Waals surface area (Å²) in [5.41, 5.74) is 0.796. The number of nitrogens with zero attached hydrogens (tertiary/aromatic N) is 1. The summed E-state index contributed by atoms with van der Waals surface area (Å²) in [4.78, 5) is 26.0. The van der Waals surface area contributed by atoms with Gasteiger partial charge in [0.2, 0.25) is 0 Å². The molecular formula is C20H27NO6S. The highest BCUT2D eigenvalue weighted by Crippen LogP contribution is 2.19. The third kappa shape index (κ3) is 6.67. The smallest absolute Gasteiger partial charge is 0.331 e. The fraction of sp³-hybridized carbons (Fsp3) is 0.500. The Balaban J connectivity index is 1.89. The molecule has 1 aromatic carbocycles. The summed E-state index contributed by atoms with van der Waals surface area (Å²) in [6.45, 7) is 2.07. The van der Waals surface area contributed by atoms with Crippen molar-refractivity contribution in [3.05, 3.63) is 35.9 Å². The molecule has 28 heavy (non-hydrogen) atoms. The molecule has 1 fully saturated rings. The van der Waals surface area contributed by atoms with Crippen LogP contribution < -0.4 is 4.74 Å². The highest BCUT2D eigenvalue weighted by atomic mass is 32.2. The van der Waals surface area contributed by atoms with Gasteiger partial charge in [0.1, 0.15) is 5.75 Å². The van der Waals surface area contributed by atoms with Crippen LogP contribution in [0, 0.1) is 0 Å². The fourth-order valence-electron chi connectivity index (χ4n) is 3.00. The van der Waals surface area contributed by atoms with E-state index in [9.17, 15) is 18.0 Å². The molecule has 1 saturated heterocycles. The van der Waals surface area contributed by atoms with Crippen molar-refractivity contribution in [1.82, 2.24) is 4.90 Å². The summed E-state index contributed by atoms with van der Waals surface area (Å²) < 4.78 is 33.6. The van der Waals surface area contributed by atoms with Crippen LogP contribution in [-0.4, -0.2) is 63.0 Å². The van der Waals surface area contributed by atoms with E-state index in [1.165, 1.54) is 6.08 Å². The molecule has 7 nitrogen and oxygen atoms in total. The summed E-state index contributed by atoms with van der Waals surface area (Å²) in [6.07, 6.45) is 4.93. The number of benzene rings is 1. The molecule has 0 aliphatic carbocycles. The quantitative estimate of drug-likeness (QED) is 0.458. The maximum absolute atomic E-state index is 12.5. The minimum Gasteiger partial charge on any atom is -0.497 e. The van der Waals surface area contributed by atoms with Crippen molar-refractivity contribution >= 4 is 27.8 Å². The zero-order chi connectivity index (χ0) is 20.6. The summed E-state index contributed by atoms with van der Waals surface area (Å²) in [5.74, 6) is -0.196. The number of hydrogen-bond donors (Lipinski definition) is 0. The van der Waals surface area contributed by atoms with Crippen LogP contribution in [0.1, 0.15) is 31.7 Å². The largest absolute Gasteiger partial charge is 0.497 e. The van der Waals surface area contributed by atoms with Crippen molar-refractivity contribution in [1.29, 1.82) is 0 Å². The van der Waals surface area contributed by atoms with Crippen molar-refractivity contribution in [2.75, 3.05) is 31.8 Å². The third-order valence-corrected chi connectivity index (χ3v) is 6.34. The lowest BCUT2D eigenvalue weighted by Gasteiger charge is -2.28. The first-order valence-electron chi connectivity index (χ1n) is 9.33. The van der Waals surface area contributed by atoms with Crippen molar-refractivity contribution in [2.24, 2.45) is 0 Å². The first-order valence-corrected chi connectivity index (χ1v) is 11.2. The summed E-state index contributed by atoms with van der Waals surface area (Å²) in [6, 6.07) is 6.80. The summed E-state index contributed by atoms with van der Waals surface area (Å²) in [7, 11) is -1.52. The normalized spacial score (nSPS) is 18.1. The first-order chi connectivity index (χ1) is 13.3. The number of ether oxygens (including phenoxy) is 2. The van der Waals surface area contributed by atoms with Crippen LogP contribution in [0.3, 0.4) is 0 Å². The molecule has 1 atom stereocenters. The maximum Gasteiger partial charge on any atom is 0.331 e. The molecule has 0 N–H and O–H groups in total. The van der Waals surface area contributed by atoms with E-state index in [-0.39, 0.29) is 23.5 Å². The Morgan fingerprint density at radius 3 is 2.54 bits per heavy atom. The van der Waals surface area contributed by atoms with E-state index in [0.29, 0.717) is 18.7 Å². The van der Waals surface area contributed by atoms with Gasteiger partial charge < -0.3 is 14.4 Å². The Morgan fingerprint density at radius 1 is 1.25 bits per heavy atom. The van der Waals surface area contributed by atoms with Gasteiger partial charge >= 0.3 is 5.97 Å². The minimum atomic E-state index is -3.10. The molecular weight excluding hydrogens is 382 g/mol. The molecule has 1 aromatic rings. The highest BCUT2D eigenvalue weighted by Gasteiger charge is 2.34. The van der Waals surface area contributed by atoms with Crippen LogP contribution in [0.15, 0.2) is 30.3 Å². The lowest BCUT2D eigenvalue weighted by molar-refractivity contribution is -0.149. The molecule has 154 valence electrons. The van der Waals surface area contributed by atoms with Gasteiger partial charge in [0.15, 0.2) is 16.4 Å². The zero-order valence-corrected chi connectivity index (χ0v) is 17.1. The fourth-order valence-corrected chi connectivity index (χ4v) is 4.73. The Kier molecular flexibility index (Phi) is 8.04. The van der Waals surface area contributed by atoms with Crippen LogP contribution in [0.25, 0.3) is 6.08 Å². The van der Waals surface area contributed by atoms with Gasteiger partial charge in [0.05, 0.1) is 18.6 Å². The lowest BCUT2D eigenvalue weighted by Crippen LogP contribution is -2.43. The first kappa shape index (κ1) is 21.9. The van der Waals surface area contributed by atoms with Gasteiger partial charge in [0.25, 0.3) is 5.91 Å². The predicted molar refractivity (Wildman–Crippen MR) is 107 cm³/mol. The summed E-state index contributed by atoms with van der Waals surface area (Å²) >= 11 is 0. The average molecular weight is 410 g/mol. The van der Waals surface area contributed by atoms with Gasteiger partial charge in [-0.05, 0) is 36.6 Å². The SMILES string of the molecule is CCCCN(C(=O)COC(=O)/C=C/c1ccc(OC)cc1)C1CCS(=O)(=O)C1. The number of carbonyl (C=O) groups excluding carboxylic acids is 2. The molecule has 0 radical (unpaired) electrons. The number of unbranched alkanes of at least 4 members (excludes halogenated alkanes) is 1. The number of sulfone groups is 1. The number of esters is 1. The number of methoxy groups -OCH3 is 1. The second kappa shape index (κ2) is 10.3. The molecule has 1 aliphatic rings. The van der Waals surface area contributed by atoms with Gasteiger partial charge in [-0.25, -0.2) is 13.2 Å². The Hall–Kier alpha value is -2.35. The van der Waals surface area contributed by atoms with E-state index in [0.717, 1.165) is 18.4 Å². The van der Waals surface area contributed by atoms with Crippen LogP contribution >= 0.6 is 0 Å². The van der Waals surface area contributed by atoms with Gasteiger partial charge in [-0.1, -0.05) is 25.5 Å². The van der Waals surface area contributed by atoms with E-state index in [1.54, 1.807) is 42.4 Å². The van der Waals surface area contributed by atoms with Gasteiger partial charge in [-0.2, -0.15) is 0 Å². The molecule has 1 heterocycles. The molecule has 2 rings (SSSR count). The molecule has 1 amide bonds. The molecule has 0 bridgehead atoms. The average Bonchev–Trinajstić information content (AvgIpc) is 3.04. The van der Waals surface area contributed by atoms with Gasteiger partial charge in [-0.3, -0.25) is 4.79 Å². The second-order valence-corrected chi connectivity index (χ2v) is 8.94. The number of amides is 1. The third-order valence-electron chi connectivity index (χ3n) is 4.59.